The molecular weight excluding hydrogens is 329 g/mol. The van der Waals surface area contributed by atoms with Crippen molar-refractivity contribution in [2.75, 3.05) is 13.3 Å². The third kappa shape index (κ3) is 4.26. The number of nitrogens with zero attached hydrogens (tertiary/aromatic N) is 1. The number of hydrogen-bond acceptors (Lipinski definition) is 3. The Morgan fingerprint density at radius 2 is 1.36 bits per heavy atom. The van der Waals surface area contributed by atoms with Crippen molar-refractivity contribution >= 4 is 24.2 Å². The van der Waals surface area contributed by atoms with Crippen LogP contribution in [0.25, 0.3) is 0 Å². The van der Waals surface area contributed by atoms with Gasteiger partial charge in [0.25, 0.3) is 0 Å². The highest BCUT2D eigenvalue weighted by atomic mass is 31.1. The minimum absolute atomic E-state index is 0.653. The van der Waals surface area contributed by atoms with Crippen LogP contribution in [-0.4, -0.2) is 24.2 Å². The molecule has 0 bridgehead atoms. The Bertz CT molecular complexity index is 778. The maximum atomic E-state index is 9.62. The number of oxime groups is 1. The lowest BCUT2D eigenvalue weighted by Crippen LogP contribution is -2.19. The Balaban J connectivity index is 1.93. The summed E-state index contributed by atoms with van der Waals surface area (Å²) in [7, 11) is 0.986. The van der Waals surface area contributed by atoms with E-state index in [0.717, 1.165) is 11.3 Å². The first kappa shape index (κ1) is 17.2. The maximum absolute atomic E-state index is 9.62. The van der Waals surface area contributed by atoms with Crippen molar-refractivity contribution in [3.63, 3.8) is 0 Å². The quantitative estimate of drug-likeness (QED) is 0.316. The summed E-state index contributed by atoms with van der Waals surface area (Å²) in [4.78, 5) is 0. The molecule has 0 amide bonds. The van der Waals surface area contributed by atoms with Crippen molar-refractivity contribution in [2.45, 2.75) is 0 Å². The van der Waals surface area contributed by atoms with Crippen LogP contribution in [0.3, 0.4) is 0 Å². The molecule has 0 spiro atoms. The summed E-state index contributed by atoms with van der Waals surface area (Å²) in [6.45, 7) is 0. The number of methoxy groups -OCH3 is 1. The summed E-state index contributed by atoms with van der Waals surface area (Å²) in [5.41, 5.74) is 1.59. The van der Waals surface area contributed by atoms with Gasteiger partial charge >= 0.3 is 0 Å². The second-order valence-electron chi connectivity index (χ2n) is 5.53. The van der Waals surface area contributed by atoms with Crippen molar-refractivity contribution in [1.82, 2.24) is 0 Å². The summed E-state index contributed by atoms with van der Waals surface area (Å²) >= 11 is 0. The number of ether oxygens (including phenoxy) is 1. The highest BCUT2D eigenvalue weighted by Gasteiger charge is 2.18. The zero-order valence-corrected chi connectivity index (χ0v) is 14.9. The van der Waals surface area contributed by atoms with Gasteiger partial charge in [0.15, 0.2) is 0 Å². The van der Waals surface area contributed by atoms with Gasteiger partial charge in [-0.1, -0.05) is 65.8 Å². The van der Waals surface area contributed by atoms with E-state index in [4.69, 9.17) is 4.74 Å². The minimum Gasteiger partial charge on any atom is -0.497 e. The Kier molecular flexibility index (Phi) is 5.81. The summed E-state index contributed by atoms with van der Waals surface area (Å²) in [6, 6.07) is 28.4. The van der Waals surface area contributed by atoms with Crippen LogP contribution in [0.2, 0.25) is 0 Å². The van der Waals surface area contributed by atoms with Crippen LogP contribution >= 0.6 is 7.92 Å². The van der Waals surface area contributed by atoms with E-state index in [-0.39, 0.29) is 0 Å². The molecule has 0 aliphatic heterocycles. The van der Waals surface area contributed by atoms with Gasteiger partial charge in [0, 0.05) is 6.16 Å². The molecule has 0 unspecified atom stereocenters. The zero-order chi connectivity index (χ0) is 17.5. The van der Waals surface area contributed by atoms with E-state index >= 15 is 0 Å². The van der Waals surface area contributed by atoms with Gasteiger partial charge in [0.2, 0.25) is 0 Å². The van der Waals surface area contributed by atoms with Crippen LogP contribution in [0, 0.1) is 0 Å². The molecule has 1 N–H and O–H groups in total. The third-order valence-electron chi connectivity index (χ3n) is 3.99. The summed E-state index contributed by atoms with van der Waals surface area (Å²) in [5.74, 6) is 0.787. The fraction of sp³-hybridized carbons (Fsp3) is 0.0952. The van der Waals surface area contributed by atoms with E-state index in [0.29, 0.717) is 11.9 Å². The molecule has 0 heterocycles. The van der Waals surface area contributed by atoms with Crippen LogP contribution in [0.4, 0.5) is 0 Å². The SMILES string of the molecule is COc1ccc(C(CP(c2ccccc2)c2ccccc2)=NO)cc1. The predicted molar refractivity (Wildman–Crippen MR) is 105 cm³/mol. The number of hydrogen-bond donors (Lipinski definition) is 1. The van der Waals surface area contributed by atoms with E-state index in [1.54, 1.807) is 7.11 Å². The molecule has 0 aromatic heterocycles. The Hall–Kier alpha value is -2.64. The van der Waals surface area contributed by atoms with E-state index in [1.807, 2.05) is 36.4 Å². The van der Waals surface area contributed by atoms with Crippen molar-refractivity contribution in [2.24, 2.45) is 5.16 Å². The zero-order valence-electron chi connectivity index (χ0n) is 14.0. The topological polar surface area (TPSA) is 41.8 Å². The van der Waals surface area contributed by atoms with Gasteiger partial charge in [0.1, 0.15) is 5.75 Å². The van der Waals surface area contributed by atoms with Crippen molar-refractivity contribution < 1.29 is 9.94 Å². The molecule has 3 rings (SSSR count). The molecule has 0 aliphatic rings. The van der Waals surface area contributed by atoms with Gasteiger partial charge in [-0.25, -0.2) is 0 Å². The maximum Gasteiger partial charge on any atom is 0.118 e. The standard InChI is InChI=1S/C21H20NO2P/c1-24-18-14-12-17(13-15-18)21(22-23)16-25(19-8-4-2-5-9-19)20-10-6-3-7-11-20/h2-15,23H,16H2,1H3. The molecule has 0 saturated carbocycles. The van der Waals surface area contributed by atoms with E-state index in [2.05, 4.69) is 53.7 Å². The van der Waals surface area contributed by atoms with Gasteiger partial charge in [-0.3, -0.25) is 0 Å². The Morgan fingerprint density at radius 3 is 1.80 bits per heavy atom. The van der Waals surface area contributed by atoms with Gasteiger partial charge in [-0.2, -0.15) is 0 Å². The first-order valence-electron chi connectivity index (χ1n) is 8.05. The second-order valence-corrected chi connectivity index (χ2v) is 7.74. The average Bonchev–Trinajstić information content (AvgIpc) is 2.70. The van der Waals surface area contributed by atoms with E-state index in [9.17, 15) is 5.21 Å². The highest BCUT2D eigenvalue weighted by molar-refractivity contribution is 7.73. The van der Waals surface area contributed by atoms with Crippen molar-refractivity contribution in [3.8, 4) is 5.75 Å². The van der Waals surface area contributed by atoms with Crippen LogP contribution in [-0.2, 0) is 0 Å². The molecule has 0 aliphatic carbocycles. The summed E-state index contributed by atoms with van der Waals surface area (Å²) in [6.07, 6.45) is 0.673. The Labute approximate surface area is 149 Å². The molecule has 25 heavy (non-hydrogen) atoms. The van der Waals surface area contributed by atoms with E-state index < -0.39 is 7.92 Å². The molecule has 126 valence electrons. The average molecular weight is 349 g/mol. The van der Waals surface area contributed by atoms with Crippen LogP contribution in [0.15, 0.2) is 90.1 Å². The van der Waals surface area contributed by atoms with Gasteiger partial charge in [0.05, 0.1) is 12.8 Å². The molecule has 3 aromatic carbocycles. The van der Waals surface area contributed by atoms with E-state index in [1.165, 1.54) is 10.6 Å². The van der Waals surface area contributed by atoms with Crippen LogP contribution in [0.1, 0.15) is 5.56 Å². The molecule has 0 fully saturated rings. The first-order valence-corrected chi connectivity index (χ1v) is 9.57. The molecule has 0 saturated heterocycles. The predicted octanol–water partition coefficient (Wildman–Crippen LogP) is 4.01. The summed E-state index contributed by atoms with van der Waals surface area (Å²) < 4.78 is 5.20. The third-order valence-corrected chi connectivity index (χ3v) is 6.45. The smallest absolute Gasteiger partial charge is 0.118 e. The number of rotatable bonds is 6. The lowest BCUT2D eigenvalue weighted by atomic mass is 10.1. The molecule has 3 aromatic rings. The molecular formula is C21H20NO2P. The molecule has 4 heteroatoms. The fourth-order valence-electron chi connectivity index (χ4n) is 2.66. The molecule has 3 nitrogen and oxygen atoms in total. The van der Waals surface area contributed by atoms with Crippen LogP contribution < -0.4 is 15.3 Å². The lowest BCUT2D eigenvalue weighted by Gasteiger charge is -2.19. The fourth-order valence-corrected chi connectivity index (χ4v) is 4.93. The lowest BCUT2D eigenvalue weighted by molar-refractivity contribution is 0.319. The largest absolute Gasteiger partial charge is 0.497 e. The Morgan fingerprint density at radius 1 is 0.840 bits per heavy atom. The van der Waals surface area contributed by atoms with Crippen molar-refractivity contribution in [3.05, 3.63) is 90.5 Å². The minimum atomic E-state index is -0.653. The van der Waals surface area contributed by atoms with Gasteiger partial charge in [-0.05, 0) is 48.4 Å². The first-order chi connectivity index (χ1) is 12.3. The summed E-state index contributed by atoms with van der Waals surface area (Å²) in [5, 5.41) is 15.7. The second kappa shape index (κ2) is 8.46. The van der Waals surface area contributed by atoms with Crippen LogP contribution in [0.5, 0.6) is 5.75 Å². The van der Waals surface area contributed by atoms with Crippen molar-refractivity contribution in [1.29, 1.82) is 0 Å². The van der Waals surface area contributed by atoms with Gasteiger partial charge < -0.3 is 9.94 Å². The van der Waals surface area contributed by atoms with Gasteiger partial charge in [-0.15, -0.1) is 0 Å². The molecule has 0 atom stereocenters. The molecule has 0 radical (unpaired) electrons. The highest BCUT2D eigenvalue weighted by Crippen LogP contribution is 2.34. The number of benzene rings is 3. The monoisotopic (exact) mass is 349 g/mol. The normalized spacial score (nSPS) is 11.5.